The highest BCUT2D eigenvalue weighted by Gasteiger charge is 2.21. The van der Waals surface area contributed by atoms with E-state index in [0.29, 0.717) is 19.0 Å². The standard InChI is InChI=1S/C21H22N4O2/c1-2-27-17-7-3-5-15(11-17)13-25-10-8-19-18(14-25)21(26)24-20(23-19)16-6-4-9-22-12-16/h3-7,9,11-12H,2,8,10,13-14H2,1H3,(H,23,24,26). The Kier molecular flexibility index (Phi) is 4.98. The topological polar surface area (TPSA) is 71.1 Å². The molecule has 27 heavy (non-hydrogen) atoms. The second kappa shape index (κ2) is 7.72. The van der Waals surface area contributed by atoms with Gasteiger partial charge in [0, 0.05) is 44.0 Å². The SMILES string of the molecule is CCOc1cccc(CN2CCc3nc(-c4cccnc4)[nH]c(=O)c3C2)c1. The maximum atomic E-state index is 12.6. The number of rotatable bonds is 5. The fraction of sp³-hybridized carbons (Fsp3) is 0.286. The summed E-state index contributed by atoms with van der Waals surface area (Å²) in [5, 5.41) is 0. The van der Waals surface area contributed by atoms with Crippen molar-refractivity contribution in [3.63, 3.8) is 0 Å². The number of H-pyrrole nitrogens is 1. The van der Waals surface area contributed by atoms with Crippen LogP contribution in [0.4, 0.5) is 0 Å². The molecule has 1 aliphatic heterocycles. The van der Waals surface area contributed by atoms with Gasteiger partial charge in [0.1, 0.15) is 11.6 Å². The number of fused-ring (bicyclic) bond motifs is 1. The van der Waals surface area contributed by atoms with Crippen molar-refractivity contribution in [2.45, 2.75) is 26.4 Å². The van der Waals surface area contributed by atoms with E-state index in [2.05, 4.69) is 32.0 Å². The summed E-state index contributed by atoms with van der Waals surface area (Å²) in [7, 11) is 0. The molecular weight excluding hydrogens is 340 g/mol. The summed E-state index contributed by atoms with van der Waals surface area (Å²) in [6, 6.07) is 11.9. The minimum Gasteiger partial charge on any atom is -0.494 e. The molecule has 1 aliphatic rings. The lowest BCUT2D eigenvalue weighted by Gasteiger charge is -2.27. The lowest BCUT2D eigenvalue weighted by atomic mass is 10.1. The van der Waals surface area contributed by atoms with Gasteiger partial charge in [0.05, 0.1) is 17.9 Å². The Morgan fingerprint density at radius 2 is 2.19 bits per heavy atom. The lowest BCUT2D eigenvalue weighted by Crippen LogP contribution is -2.35. The van der Waals surface area contributed by atoms with Crippen molar-refractivity contribution in [1.82, 2.24) is 19.9 Å². The van der Waals surface area contributed by atoms with Crippen molar-refractivity contribution in [3.05, 3.63) is 76.0 Å². The van der Waals surface area contributed by atoms with Crippen LogP contribution in [0.1, 0.15) is 23.7 Å². The average Bonchev–Trinajstić information content (AvgIpc) is 2.69. The molecule has 0 radical (unpaired) electrons. The number of hydrogen-bond acceptors (Lipinski definition) is 5. The van der Waals surface area contributed by atoms with E-state index >= 15 is 0 Å². The van der Waals surface area contributed by atoms with Crippen molar-refractivity contribution in [1.29, 1.82) is 0 Å². The first-order valence-corrected chi connectivity index (χ1v) is 9.19. The van der Waals surface area contributed by atoms with Crippen LogP contribution in [-0.4, -0.2) is 33.0 Å². The third-order valence-corrected chi connectivity index (χ3v) is 4.70. The van der Waals surface area contributed by atoms with Gasteiger partial charge in [-0.15, -0.1) is 0 Å². The molecule has 0 saturated heterocycles. The molecule has 0 fully saturated rings. The summed E-state index contributed by atoms with van der Waals surface area (Å²) in [6.07, 6.45) is 4.18. The van der Waals surface area contributed by atoms with Gasteiger partial charge in [-0.25, -0.2) is 4.98 Å². The zero-order valence-electron chi connectivity index (χ0n) is 15.3. The molecule has 6 heteroatoms. The second-order valence-corrected chi connectivity index (χ2v) is 6.62. The van der Waals surface area contributed by atoms with Gasteiger partial charge in [0.25, 0.3) is 5.56 Å². The smallest absolute Gasteiger partial charge is 0.255 e. The van der Waals surface area contributed by atoms with Gasteiger partial charge in [-0.3, -0.25) is 14.7 Å². The molecule has 0 unspecified atom stereocenters. The van der Waals surface area contributed by atoms with E-state index in [1.54, 1.807) is 12.4 Å². The van der Waals surface area contributed by atoms with Crippen LogP contribution in [0.15, 0.2) is 53.6 Å². The van der Waals surface area contributed by atoms with Crippen molar-refractivity contribution in [3.8, 4) is 17.1 Å². The number of hydrogen-bond donors (Lipinski definition) is 1. The van der Waals surface area contributed by atoms with Crippen LogP contribution < -0.4 is 10.3 Å². The zero-order chi connectivity index (χ0) is 18.6. The molecule has 4 rings (SSSR count). The zero-order valence-corrected chi connectivity index (χ0v) is 15.3. The maximum Gasteiger partial charge on any atom is 0.255 e. The van der Waals surface area contributed by atoms with E-state index in [9.17, 15) is 4.79 Å². The van der Waals surface area contributed by atoms with Crippen LogP contribution in [0.3, 0.4) is 0 Å². The third kappa shape index (κ3) is 3.90. The maximum absolute atomic E-state index is 12.6. The van der Waals surface area contributed by atoms with E-state index in [4.69, 9.17) is 4.74 Å². The molecule has 0 atom stereocenters. The predicted octanol–water partition coefficient (Wildman–Crippen LogP) is 2.79. The number of benzene rings is 1. The fourth-order valence-corrected chi connectivity index (χ4v) is 3.41. The second-order valence-electron chi connectivity index (χ2n) is 6.62. The summed E-state index contributed by atoms with van der Waals surface area (Å²) in [6.45, 7) is 4.89. The minimum atomic E-state index is -0.0633. The first-order chi connectivity index (χ1) is 13.2. The number of aromatic nitrogens is 3. The first kappa shape index (κ1) is 17.4. The van der Waals surface area contributed by atoms with Gasteiger partial charge >= 0.3 is 0 Å². The van der Waals surface area contributed by atoms with E-state index in [1.165, 1.54) is 5.56 Å². The number of nitrogens with zero attached hydrogens (tertiary/aromatic N) is 3. The van der Waals surface area contributed by atoms with E-state index in [-0.39, 0.29) is 5.56 Å². The molecule has 1 aromatic carbocycles. The molecular formula is C21H22N4O2. The van der Waals surface area contributed by atoms with Crippen molar-refractivity contribution in [2.24, 2.45) is 0 Å². The van der Waals surface area contributed by atoms with Gasteiger partial charge < -0.3 is 9.72 Å². The van der Waals surface area contributed by atoms with Crippen molar-refractivity contribution < 1.29 is 4.74 Å². The average molecular weight is 362 g/mol. The quantitative estimate of drug-likeness (QED) is 0.756. The van der Waals surface area contributed by atoms with Crippen LogP contribution in [0, 0.1) is 0 Å². The molecule has 138 valence electrons. The monoisotopic (exact) mass is 362 g/mol. The fourth-order valence-electron chi connectivity index (χ4n) is 3.41. The Bertz CT molecular complexity index is 985. The van der Waals surface area contributed by atoms with Crippen molar-refractivity contribution in [2.75, 3.05) is 13.2 Å². The summed E-state index contributed by atoms with van der Waals surface area (Å²) < 4.78 is 5.58. The van der Waals surface area contributed by atoms with Crippen LogP contribution in [0.25, 0.3) is 11.4 Å². The molecule has 3 heterocycles. The van der Waals surface area contributed by atoms with E-state index < -0.39 is 0 Å². The van der Waals surface area contributed by atoms with Gasteiger partial charge in [0.15, 0.2) is 0 Å². The number of pyridine rings is 1. The molecule has 0 bridgehead atoms. The van der Waals surface area contributed by atoms with Gasteiger partial charge in [-0.1, -0.05) is 12.1 Å². The highest BCUT2D eigenvalue weighted by molar-refractivity contribution is 5.53. The van der Waals surface area contributed by atoms with Gasteiger partial charge in [-0.2, -0.15) is 0 Å². The highest BCUT2D eigenvalue weighted by atomic mass is 16.5. The van der Waals surface area contributed by atoms with Crippen LogP contribution in [0.2, 0.25) is 0 Å². The summed E-state index contributed by atoms with van der Waals surface area (Å²) in [4.78, 5) is 26.6. The summed E-state index contributed by atoms with van der Waals surface area (Å²) in [5.74, 6) is 1.47. The summed E-state index contributed by atoms with van der Waals surface area (Å²) in [5.41, 5.74) is 3.59. The normalized spacial score (nSPS) is 14.0. The molecule has 0 spiro atoms. The van der Waals surface area contributed by atoms with Crippen LogP contribution in [-0.2, 0) is 19.5 Å². The molecule has 3 aromatic rings. The largest absolute Gasteiger partial charge is 0.494 e. The first-order valence-electron chi connectivity index (χ1n) is 9.19. The van der Waals surface area contributed by atoms with E-state index in [1.807, 2.05) is 31.2 Å². The van der Waals surface area contributed by atoms with Gasteiger partial charge in [0.2, 0.25) is 0 Å². The van der Waals surface area contributed by atoms with Crippen LogP contribution >= 0.6 is 0 Å². The predicted molar refractivity (Wildman–Crippen MR) is 104 cm³/mol. The number of nitrogens with one attached hydrogen (secondary N) is 1. The third-order valence-electron chi connectivity index (χ3n) is 4.70. The van der Waals surface area contributed by atoms with Crippen LogP contribution in [0.5, 0.6) is 5.75 Å². The number of ether oxygens (including phenoxy) is 1. The molecule has 0 saturated carbocycles. The molecule has 0 aliphatic carbocycles. The molecule has 0 amide bonds. The Balaban J connectivity index is 1.53. The van der Waals surface area contributed by atoms with E-state index in [0.717, 1.165) is 42.1 Å². The molecule has 2 aromatic heterocycles. The molecule has 1 N–H and O–H groups in total. The Morgan fingerprint density at radius 3 is 3.00 bits per heavy atom. The van der Waals surface area contributed by atoms with Gasteiger partial charge in [-0.05, 0) is 36.8 Å². The number of aromatic amines is 1. The Hall–Kier alpha value is -2.99. The molecule has 6 nitrogen and oxygen atoms in total. The highest BCUT2D eigenvalue weighted by Crippen LogP contribution is 2.21. The Labute approximate surface area is 157 Å². The lowest BCUT2D eigenvalue weighted by molar-refractivity contribution is 0.241. The summed E-state index contributed by atoms with van der Waals surface area (Å²) >= 11 is 0. The van der Waals surface area contributed by atoms with Crippen molar-refractivity contribution >= 4 is 0 Å². The Morgan fingerprint density at radius 1 is 1.26 bits per heavy atom. The minimum absolute atomic E-state index is 0.0633.